The van der Waals surface area contributed by atoms with Crippen LogP contribution in [0.2, 0.25) is 0 Å². The molecule has 1 aromatic rings. The number of aryl methyl sites for hydroxylation is 1. The van der Waals surface area contributed by atoms with Crippen molar-refractivity contribution in [3.05, 3.63) is 16.0 Å². The van der Waals surface area contributed by atoms with Gasteiger partial charge in [0.05, 0.1) is 11.6 Å². The molecular formula is C13H16N2O4S2. The summed E-state index contributed by atoms with van der Waals surface area (Å²) in [4.78, 5) is 12.4. The number of carbonyl (C=O) groups is 1. The first-order valence-corrected chi connectivity index (χ1v) is 9.06. The molecule has 8 heteroatoms. The van der Waals surface area contributed by atoms with E-state index in [0.29, 0.717) is 6.42 Å². The lowest BCUT2D eigenvalue weighted by atomic mass is 9.96. The molecule has 6 nitrogen and oxygen atoms in total. The van der Waals surface area contributed by atoms with Gasteiger partial charge in [0.25, 0.3) is 0 Å². The molecule has 1 unspecified atom stereocenters. The molecule has 1 atom stereocenters. The van der Waals surface area contributed by atoms with Gasteiger partial charge in [-0.05, 0) is 37.7 Å². The molecule has 0 spiro atoms. The van der Waals surface area contributed by atoms with Crippen molar-refractivity contribution in [3.8, 4) is 6.07 Å². The van der Waals surface area contributed by atoms with Gasteiger partial charge in [0, 0.05) is 4.88 Å². The number of nitrogens with one attached hydrogen (secondary N) is 1. The topological polar surface area (TPSA) is 107 Å². The number of rotatable bonds is 5. The van der Waals surface area contributed by atoms with Crippen LogP contribution in [0.25, 0.3) is 0 Å². The number of nitrogens with zero attached hydrogens (tertiary/aromatic N) is 1. The summed E-state index contributed by atoms with van der Waals surface area (Å²) >= 11 is 1.18. The van der Waals surface area contributed by atoms with Crippen molar-refractivity contribution in [1.29, 1.82) is 5.26 Å². The quantitative estimate of drug-likeness (QED) is 0.863. The normalized spacial score (nSPS) is 15.8. The average Bonchev–Trinajstić information content (AvgIpc) is 2.76. The number of thiophene rings is 1. The Morgan fingerprint density at radius 3 is 2.71 bits per heavy atom. The predicted octanol–water partition coefficient (Wildman–Crippen LogP) is 2.37. The number of carboxylic acid groups (broad SMARTS) is 1. The van der Waals surface area contributed by atoms with Crippen LogP contribution in [0.3, 0.4) is 0 Å². The van der Waals surface area contributed by atoms with Crippen LogP contribution >= 0.6 is 11.3 Å². The maximum Gasteiger partial charge on any atom is 0.339 e. The Balaban J connectivity index is 2.44. The van der Waals surface area contributed by atoms with Gasteiger partial charge in [-0.25, -0.2) is 13.2 Å². The summed E-state index contributed by atoms with van der Waals surface area (Å²) in [6.07, 6.45) is 3.47. The van der Waals surface area contributed by atoms with Gasteiger partial charge in [-0.15, -0.1) is 11.3 Å². The second-order valence-electron chi connectivity index (χ2n) is 4.89. The zero-order chi connectivity index (χ0) is 15.6. The lowest BCUT2D eigenvalue weighted by Crippen LogP contribution is -2.26. The molecule has 1 aliphatic rings. The zero-order valence-electron chi connectivity index (χ0n) is 11.5. The summed E-state index contributed by atoms with van der Waals surface area (Å²) < 4.78 is 26.6. The Morgan fingerprint density at radius 1 is 1.48 bits per heavy atom. The van der Waals surface area contributed by atoms with Crippen molar-refractivity contribution < 1.29 is 18.3 Å². The van der Waals surface area contributed by atoms with E-state index in [1.165, 1.54) is 11.3 Å². The van der Waals surface area contributed by atoms with E-state index < -0.39 is 21.2 Å². The first-order valence-electron chi connectivity index (χ1n) is 6.69. The summed E-state index contributed by atoms with van der Waals surface area (Å²) in [6, 6.07) is 1.73. The first-order chi connectivity index (χ1) is 9.90. The lowest BCUT2D eigenvalue weighted by Gasteiger charge is -2.11. The van der Waals surface area contributed by atoms with Gasteiger partial charge < -0.3 is 5.11 Å². The van der Waals surface area contributed by atoms with E-state index in [1.807, 2.05) is 0 Å². The zero-order valence-corrected chi connectivity index (χ0v) is 13.2. The second-order valence-corrected chi connectivity index (χ2v) is 7.86. The number of nitriles is 1. The maximum absolute atomic E-state index is 12.1. The standard InChI is InChI=1S/C13H16N2O4S2/c1-2-8(7-14)21(18,19)15-12-11(13(16)17)9-5-3-4-6-10(9)20-12/h8,15H,2-6H2,1H3,(H,16,17). The monoisotopic (exact) mass is 328 g/mol. The largest absolute Gasteiger partial charge is 0.478 e. The van der Waals surface area contributed by atoms with Gasteiger partial charge in [0.2, 0.25) is 10.0 Å². The number of hydrogen-bond acceptors (Lipinski definition) is 5. The number of sulfonamides is 1. The molecule has 114 valence electrons. The van der Waals surface area contributed by atoms with E-state index in [1.54, 1.807) is 13.0 Å². The van der Waals surface area contributed by atoms with E-state index in [4.69, 9.17) is 5.26 Å². The minimum absolute atomic E-state index is 0.0473. The molecule has 2 N–H and O–H groups in total. The third-order valence-corrected chi connectivity index (χ3v) is 6.52. The summed E-state index contributed by atoms with van der Waals surface area (Å²) in [5.41, 5.74) is 0.785. The molecular weight excluding hydrogens is 312 g/mol. The Kier molecular flexibility index (Phi) is 4.54. The molecule has 0 aromatic carbocycles. The summed E-state index contributed by atoms with van der Waals surface area (Å²) in [6.45, 7) is 1.60. The molecule has 1 aliphatic carbocycles. The summed E-state index contributed by atoms with van der Waals surface area (Å²) in [5.74, 6) is -1.13. The highest BCUT2D eigenvalue weighted by Crippen LogP contribution is 2.38. The van der Waals surface area contributed by atoms with Gasteiger partial charge in [0.15, 0.2) is 5.25 Å². The molecule has 0 aliphatic heterocycles. The number of fused-ring (bicyclic) bond motifs is 1. The molecule has 1 aromatic heterocycles. The van der Waals surface area contributed by atoms with Crippen molar-refractivity contribution in [2.24, 2.45) is 0 Å². The van der Waals surface area contributed by atoms with Gasteiger partial charge in [-0.1, -0.05) is 6.92 Å². The summed E-state index contributed by atoms with van der Waals surface area (Å²) in [7, 11) is -3.90. The van der Waals surface area contributed by atoms with Gasteiger partial charge >= 0.3 is 5.97 Å². The molecule has 2 rings (SSSR count). The minimum Gasteiger partial charge on any atom is -0.478 e. The van der Waals surface area contributed by atoms with Crippen LogP contribution in [-0.2, 0) is 22.9 Å². The van der Waals surface area contributed by atoms with Crippen molar-refractivity contribution >= 4 is 32.3 Å². The van der Waals surface area contributed by atoms with Crippen LogP contribution in [-0.4, -0.2) is 24.7 Å². The van der Waals surface area contributed by atoms with E-state index in [0.717, 1.165) is 29.7 Å². The van der Waals surface area contributed by atoms with Gasteiger partial charge in [0.1, 0.15) is 5.00 Å². The molecule has 0 radical (unpaired) electrons. The Hall–Kier alpha value is -1.59. The fraction of sp³-hybridized carbons (Fsp3) is 0.538. The molecule has 0 bridgehead atoms. The van der Waals surface area contributed by atoms with Gasteiger partial charge in [-0.3, -0.25) is 4.72 Å². The van der Waals surface area contributed by atoms with Crippen molar-refractivity contribution in [3.63, 3.8) is 0 Å². The number of carboxylic acids is 1. The maximum atomic E-state index is 12.1. The molecule has 1 heterocycles. The number of aromatic carboxylic acids is 1. The van der Waals surface area contributed by atoms with E-state index in [9.17, 15) is 18.3 Å². The SMILES string of the molecule is CCC(C#N)S(=O)(=O)Nc1sc2c(c1C(=O)O)CCCC2. The highest BCUT2D eigenvalue weighted by molar-refractivity contribution is 7.93. The Labute approximate surface area is 127 Å². The molecule has 21 heavy (non-hydrogen) atoms. The first kappa shape index (κ1) is 15.8. The van der Waals surface area contributed by atoms with E-state index >= 15 is 0 Å². The lowest BCUT2D eigenvalue weighted by molar-refractivity contribution is 0.0697. The highest BCUT2D eigenvalue weighted by Gasteiger charge is 2.30. The van der Waals surface area contributed by atoms with Crippen LogP contribution in [0.1, 0.15) is 47.0 Å². The van der Waals surface area contributed by atoms with E-state index in [2.05, 4.69) is 4.72 Å². The summed E-state index contributed by atoms with van der Waals surface area (Å²) in [5, 5.41) is 17.2. The predicted molar refractivity (Wildman–Crippen MR) is 80.2 cm³/mol. The number of anilines is 1. The minimum atomic E-state index is -3.90. The van der Waals surface area contributed by atoms with Crippen LogP contribution in [0.15, 0.2) is 0 Å². The van der Waals surface area contributed by atoms with Gasteiger partial charge in [-0.2, -0.15) is 5.26 Å². The fourth-order valence-electron chi connectivity index (χ4n) is 2.44. The third kappa shape index (κ3) is 3.04. The van der Waals surface area contributed by atoms with Crippen LogP contribution in [0, 0.1) is 11.3 Å². The van der Waals surface area contributed by atoms with Crippen molar-refractivity contribution in [1.82, 2.24) is 0 Å². The average molecular weight is 328 g/mol. The number of hydrogen-bond donors (Lipinski definition) is 2. The molecule has 0 fully saturated rings. The highest BCUT2D eigenvalue weighted by atomic mass is 32.2. The fourth-order valence-corrected chi connectivity index (χ4v) is 5.17. The van der Waals surface area contributed by atoms with E-state index in [-0.39, 0.29) is 17.0 Å². The van der Waals surface area contributed by atoms with Crippen LogP contribution in [0.5, 0.6) is 0 Å². The Morgan fingerprint density at radius 2 is 2.14 bits per heavy atom. The second kappa shape index (κ2) is 6.03. The van der Waals surface area contributed by atoms with Crippen molar-refractivity contribution in [2.75, 3.05) is 4.72 Å². The third-order valence-electron chi connectivity index (χ3n) is 3.51. The van der Waals surface area contributed by atoms with Crippen LogP contribution < -0.4 is 4.72 Å². The molecule has 0 amide bonds. The molecule has 0 saturated heterocycles. The Bertz CT molecular complexity index is 700. The van der Waals surface area contributed by atoms with Crippen LogP contribution in [0.4, 0.5) is 5.00 Å². The molecule has 0 saturated carbocycles. The van der Waals surface area contributed by atoms with Crippen molar-refractivity contribution in [2.45, 2.75) is 44.3 Å². The smallest absolute Gasteiger partial charge is 0.339 e.